The predicted molar refractivity (Wildman–Crippen MR) is 156 cm³/mol. The van der Waals surface area contributed by atoms with Crippen molar-refractivity contribution in [3.8, 4) is 11.5 Å². The van der Waals surface area contributed by atoms with Crippen LogP contribution in [0.1, 0.15) is 43.2 Å². The van der Waals surface area contributed by atoms with Crippen LogP contribution in [-0.4, -0.2) is 59.9 Å². The van der Waals surface area contributed by atoms with Crippen LogP contribution in [0.25, 0.3) is 10.8 Å². The van der Waals surface area contributed by atoms with Crippen molar-refractivity contribution in [3.05, 3.63) is 65.7 Å². The Labute approximate surface area is 232 Å². The van der Waals surface area contributed by atoms with Crippen molar-refractivity contribution >= 4 is 20.8 Å². The maximum atomic E-state index is 13.0. The smallest absolute Gasteiger partial charge is 0.241 e. The number of nitrogens with one attached hydrogen (secondary N) is 2. The number of ether oxygens (including phenoxy) is 2. The second kappa shape index (κ2) is 12.7. The number of sulfonamides is 1. The summed E-state index contributed by atoms with van der Waals surface area (Å²) in [6.45, 7) is 3.46. The second-order valence-electron chi connectivity index (χ2n) is 10.9. The van der Waals surface area contributed by atoms with Gasteiger partial charge in [-0.1, -0.05) is 36.4 Å². The minimum absolute atomic E-state index is 0.361. The number of rotatable bonds is 10. The molecule has 0 bridgehead atoms. The zero-order valence-electron chi connectivity index (χ0n) is 23.1. The third kappa shape index (κ3) is 6.74. The molecule has 1 fully saturated rings. The van der Waals surface area contributed by atoms with Gasteiger partial charge < -0.3 is 14.8 Å². The number of fused-ring (bicyclic) bond motifs is 2. The van der Waals surface area contributed by atoms with E-state index in [1.54, 1.807) is 20.3 Å². The molecule has 210 valence electrons. The minimum Gasteiger partial charge on any atom is -0.493 e. The Kier molecular flexibility index (Phi) is 9.07. The summed E-state index contributed by atoms with van der Waals surface area (Å²) in [5, 5.41) is 5.52. The quantitative estimate of drug-likeness (QED) is 0.355. The van der Waals surface area contributed by atoms with E-state index in [2.05, 4.69) is 27.1 Å². The van der Waals surface area contributed by atoms with Crippen molar-refractivity contribution in [1.29, 1.82) is 0 Å². The van der Waals surface area contributed by atoms with Gasteiger partial charge in [0.1, 0.15) is 0 Å². The van der Waals surface area contributed by atoms with Crippen LogP contribution in [0.15, 0.2) is 59.5 Å². The lowest BCUT2D eigenvalue weighted by Crippen LogP contribution is -2.44. The van der Waals surface area contributed by atoms with E-state index in [9.17, 15) is 8.42 Å². The third-order valence-electron chi connectivity index (χ3n) is 8.37. The highest BCUT2D eigenvalue weighted by molar-refractivity contribution is 7.89. The zero-order valence-corrected chi connectivity index (χ0v) is 23.9. The predicted octanol–water partition coefficient (Wildman–Crippen LogP) is 4.73. The van der Waals surface area contributed by atoms with Crippen molar-refractivity contribution in [3.63, 3.8) is 0 Å². The van der Waals surface area contributed by atoms with Crippen LogP contribution < -0.4 is 19.5 Å². The lowest BCUT2D eigenvalue weighted by atomic mass is 9.94. The van der Waals surface area contributed by atoms with Crippen molar-refractivity contribution < 1.29 is 17.9 Å². The first kappa shape index (κ1) is 27.9. The third-order valence-corrected chi connectivity index (χ3v) is 9.88. The summed E-state index contributed by atoms with van der Waals surface area (Å²) in [4.78, 5) is 2.86. The molecule has 1 heterocycles. The maximum Gasteiger partial charge on any atom is 0.241 e. The molecule has 0 aromatic heterocycles. The van der Waals surface area contributed by atoms with Gasteiger partial charge in [0.15, 0.2) is 11.5 Å². The van der Waals surface area contributed by atoms with Crippen molar-refractivity contribution in [2.45, 2.75) is 55.9 Å². The van der Waals surface area contributed by atoms with Crippen molar-refractivity contribution in [1.82, 2.24) is 14.9 Å². The van der Waals surface area contributed by atoms with E-state index < -0.39 is 10.0 Å². The Morgan fingerprint density at radius 2 is 1.64 bits per heavy atom. The van der Waals surface area contributed by atoms with Crippen LogP contribution in [0.5, 0.6) is 11.5 Å². The molecule has 0 amide bonds. The van der Waals surface area contributed by atoms with Crippen LogP contribution >= 0.6 is 0 Å². The van der Waals surface area contributed by atoms with Gasteiger partial charge >= 0.3 is 0 Å². The summed E-state index contributed by atoms with van der Waals surface area (Å²) in [7, 11) is -0.149. The normalized spacial score (nSPS) is 19.0. The number of hydrogen-bond donors (Lipinski definition) is 2. The molecule has 1 unspecified atom stereocenters. The fraction of sp³-hybridized carbons (Fsp3) is 0.484. The summed E-state index contributed by atoms with van der Waals surface area (Å²) in [5.74, 6) is 2.16. The first-order valence-corrected chi connectivity index (χ1v) is 15.6. The second-order valence-corrected chi connectivity index (χ2v) is 12.6. The van der Waals surface area contributed by atoms with Gasteiger partial charge in [-0.25, -0.2) is 13.1 Å². The van der Waals surface area contributed by atoms with Crippen molar-refractivity contribution in [2.75, 3.05) is 40.5 Å². The molecule has 5 rings (SSSR count). The molecule has 3 aromatic rings. The molecular weight excluding hydrogens is 510 g/mol. The van der Waals surface area contributed by atoms with Gasteiger partial charge in [-0.3, -0.25) is 4.90 Å². The minimum atomic E-state index is -3.54. The number of benzene rings is 3. The molecule has 2 N–H and O–H groups in total. The summed E-state index contributed by atoms with van der Waals surface area (Å²) >= 11 is 0. The van der Waals surface area contributed by atoms with Crippen LogP contribution in [0, 0.1) is 5.92 Å². The highest BCUT2D eigenvalue weighted by atomic mass is 32.2. The summed E-state index contributed by atoms with van der Waals surface area (Å²) < 4.78 is 39.9. The van der Waals surface area contributed by atoms with E-state index in [0.29, 0.717) is 23.4 Å². The van der Waals surface area contributed by atoms with Gasteiger partial charge in [0.05, 0.1) is 19.1 Å². The fourth-order valence-corrected chi connectivity index (χ4v) is 7.34. The Balaban J connectivity index is 1.06. The van der Waals surface area contributed by atoms with Crippen LogP contribution in [0.3, 0.4) is 0 Å². The van der Waals surface area contributed by atoms with E-state index in [-0.39, 0.29) is 0 Å². The summed E-state index contributed by atoms with van der Waals surface area (Å²) in [6.07, 6.45) is 7.47. The average molecular weight is 552 g/mol. The van der Waals surface area contributed by atoms with Crippen LogP contribution in [0.4, 0.5) is 0 Å². The summed E-state index contributed by atoms with van der Waals surface area (Å²) in [6, 6.07) is 17.8. The van der Waals surface area contributed by atoms with Crippen molar-refractivity contribution in [2.24, 2.45) is 5.92 Å². The molecule has 1 atom stereocenters. The van der Waals surface area contributed by atoms with Gasteiger partial charge in [-0.05, 0) is 98.7 Å². The Bertz CT molecular complexity index is 1360. The Morgan fingerprint density at radius 1 is 0.923 bits per heavy atom. The van der Waals surface area contributed by atoms with E-state index >= 15 is 0 Å². The fourth-order valence-electron chi connectivity index (χ4n) is 6.06. The molecule has 8 heteroatoms. The summed E-state index contributed by atoms with van der Waals surface area (Å²) in [5.41, 5.74) is 2.72. The first-order valence-electron chi connectivity index (χ1n) is 14.1. The number of piperidine rings is 1. The van der Waals surface area contributed by atoms with Gasteiger partial charge in [-0.15, -0.1) is 0 Å². The number of likely N-dealkylation sites (tertiary alicyclic amines) is 1. The van der Waals surface area contributed by atoms with Gasteiger partial charge in [0, 0.05) is 24.6 Å². The largest absolute Gasteiger partial charge is 0.493 e. The molecule has 39 heavy (non-hydrogen) atoms. The van der Waals surface area contributed by atoms with Gasteiger partial charge in [0.2, 0.25) is 10.0 Å². The SMILES string of the molecule is COc1cc2c(cc1OC)CC(NCN1CCC(CCNS(=O)(=O)c3cccc4ccccc34)CC1)CCC2. The average Bonchev–Trinajstić information content (AvgIpc) is 3.16. The van der Waals surface area contributed by atoms with E-state index in [4.69, 9.17) is 9.47 Å². The van der Waals surface area contributed by atoms with E-state index in [1.807, 2.05) is 36.4 Å². The standard InChI is InChI=1S/C31H41N3O4S/c1-37-29-20-25-9-5-10-27(19-26(25)21-30(29)38-2)32-22-34-17-14-23(15-18-34)13-16-33-39(35,36)31-12-6-8-24-7-3-4-11-28(24)31/h3-4,6-8,11-12,20-21,23,27,32-33H,5,9-10,13-19,22H2,1-2H3. The van der Waals surface area contributed by atoms with E-state index in [1.165, 1.54) is 11.1 Å². The number of aryl methyl sites for hydroxylation is 1. The van der Waals surface area contributed by atoms with Gasteiger partial charge in [-0.2, -0.15) is 0 Å². The topological polar surface area (TPSA) is 79.9 Å². The molecule has 2 aliphatic rings. The molecule has 0 radical (unpaired) electrons. The highest BCUT2D eigenvalue weighted by Crippen LogP contribution is 2.33. The molecule has 1 saturated heterocycles. The molecule has 7 nitrogen and oxygen atoms in total. The monoisotopic (exact) mass is 551 g/mol. The number of nitrogens with zero attached hydrogens (tertiary/aromatic N) is 1. The maximum absolute atomic E-state index is 13.0. The number of methoxy groups -OCH3 is 2. The molecule has 1 aliphatic heterocycles. The molecule has 3 aromatic carbocycles. The Morgan fingerprint density at radius 3 is 2.41 bits per heavy atom. The van der Waals surface area contributed by atoms with Crippen LogP contribution in [0.2, 0.25) is 0 Å². The lowest BCUT2D eigenvalue weighted by molar-refractivity contribution is 0.161. The van der Waals surface area contributed by atoms with E-state index in [0.717, 1.165) is 87.0 Å². The lowest BCUT2D eigenvalue weighted by Gasteiger charge is -2.33. The zero-order chi connectivity index (χ0) is 27.2. The molecular formula is C31H41N3O4S. The van der Waals surface area contributed by atoms with Gasteiger partial charge in [0.25, 0.3) is 0 Å². The molecule has 0 spiro atoms. The van der Waals surface area contributed by atoms with Crippen LogP contribution in [-0.2, 0) is 22.9 Å². The number of hydrogen-bond acceptors (Lipinski definition) is 6. The molecule has 0 saturated carbocycles. The first-order chi connectivity index (χ1) is 19.0. The molecule has 1 aliphatic carbocycles. The highest BCUT2D eigenvalue weighted by Gasteiger charge is 2.23. The Hall–Kier alpha value is -2.65.